The Morgan fingerprint density at radius 2 is 2.09 bits per heavy atom. The quantitative estimate of drug-likeness (QED) is 0.858. The molecule has 3 rings (SSSR count). The highest BCUT2D eigenvalue weighted by molar-refractivity contribution is 7.89. The highest BCUT2D eigenvalue weighted by Crippen LogP contribution is 2.29. The molecule has 1 aliphatic rings. The van der Waals surface area contributed by atoms with Crippen LogP contribution in [0, 0.1) is 19.8 Å². The average Bonchev–Trinajstić information content (AvgIpc) is 3.10. The van der Waals surface area contributed by atoms with E-state index in [0.29, 0.717) is 30.5 Å². The zero-order valence-electron chi connectivity index (χ0n) is 12.8. The first-order chi connectivity index (χ1) is 10.5. The molecule has 0 N–H and O–H groups in total. The Kier molecular flexibility index (Phi) is 4.38. The van der Waals surface area contributed by atoms with E-state index < -0.39 is 10.0 Å². The monoisotopic (exact) mass is 340 g/mol. The van der Waals surface area contributed by atoms with Crippen LogP contribution < -0.4 is 0 Å². The van der Waals surface area contributed by atoms with Crippen molar-refractivity contribution in [2.75, 3.05) is 13.1 Å². The van der Waals surface area contributed by atoms with Gasteiger partial charge in [-0.2, -0.15) is 4.31 Å². The average molecular weight is 340 g/mol. The van der Waals surface area contributed by atoms with Crippen molar-refractivity contribution in [3.8, 4) is 0 Å². The van der Waals surface area contributed by atoms with E-state index in [9.17, 15) is 8.42 Å². The van der Waals surface area contributed by atoms with Crippen molar-refractivity contribution >= 4 is 21.4 Å². The van der Waals surface area contributed by atoms with Gasteiger partial charge in [-0.05, 0) is 50.5 Å². The number of piperidine rings is 1. The molecule has 3 heterocycles. The third kappa shape index (κ3) is 2.98. The molecule has 0 saturated carbocycles. The van der Waals surface area contributed by atoms with E-state index in [1.165, 1.54) is 4.88 Å². The first-order valence-corrected chi connectivity index (χ1v) is 9.76. The molecular formula is C15H20N2O3S2. The highest BCUT2D eigenvalue weighted by Gasteiger charge is 2.33. The summed E-state index contributed by atoms with van der Waals surface area (Å²) in [5.74, 6) is 0.938. The van der Waals surface area contributed by atoms with E-state index in [1.807, 2.05) is 0 Å². The smallest absolute Gasteiger partial charge is 0.248 e. The largest absolute Gasteiger partial charge is 0.360 e. The van der Waals surface area contributed by atoms with E-state index in [1.54, 1.807) is 29.5 Å². The van der Waals surface area contributed by atoms with Gasteiger partial charge in [-0.25, -0.2) is 8.42 Å². The third-order valence-corrected chi connectivity index (χ3v) is 7.25. The van der Waals surface area contributed by atoms with Gasteiger partial charge >= 0.3 is 0 Å². The molecule has 1 fully saturated rings. The van der Waals surface area contributed by atoms with Crippen molar-refractivity contribution in [1.82, 2.24) is 9.46 Å². The van der Waals surface area contributed by atoms with Crippen LogP contribution >= 0.6 is 11.3 Å². The molecular weight excluding hydrogens is 320 g/mol. The Hall–Kier alpha value is -1.18. The molecule has 0 bridgehead atoms. The van der Waals surface area contributed by atoms with E-state index in [0.717, 1.165) is 19.3 Å². The molecule has 2 aromatic heterocycles. The minimum atomic E-state index is -3.49. The molecule has 120 valence electrons. The standard InChI is InChI=1S/C15H20N2O3S2/c1-11-15(12(2)20-16-11)22(18,19)17-7-5-13(6-8-17)10-14-4-3-9-21-14/h3-4,9,13H,5-8,10H2,1-2H3. The van der Waals surface area contributed by atoms with Crippen molar-refractivity contribution in [2.45, 2.75) is 38.0 Å². The van der Waals surface area contributed by atoms with Gasteiger partial charge in [0.25, 0.3) is 0 Å². The van der Waals surface area contributed by atoms with Gasteiger partial charge in [0.15, 0.2) is 5.76 Å². The van der Waals surface area contributed by atoms with Gasteiger partial charge in [-0.1, -0.05) is 11.2 Å². The Morgan fingerprint density at radius 1 is 1.36 bits per heavy atom. The molecule has 22 heavy (non-hydrogen) atoms. The fraction of sp³-hybridized carbons (Fsp3) is 0.533. The predicted molar refractivity (Wildman–Crippen MR) is 85.5 cm³/mol. The van der Waals surface area contributed by atoms with Crippen LogP contribution in [0.4, 0.5) is 0 Å². The van der Waals surface area contributed by atoms with Gasteiger partial charge in [-0.3, -0.25) is 0 Å². The first-order valence-electron chi connectivity index (χ1n) is 7.44. The zero-order chi connectivity index (χ0) is 15.7. The topological polar surface area (TPSA) is 63.4 Å². The van der Waals surface area contributed by atoms with Crippen molar-refractivity contribution in [1.29, 1.82) is 0 Å². The molecule has 2 aromatic rings. The maximum atomic E-state index is 12.7. The minimum Gasteiger partial charge on any atom is -0.360 e. The van der Waals surface area contributed by atoms with Crippen LogP contribution in [0.15, 0.2) is 26.9 Å². The van der Waals surface area contributed by atoms with E-state index in [-0.39, 0.29) is 4.90 Å². The lowest BCUT2D eigenvalue weighted by Gasteiger charge is -2.30. The minimum absolute atomic E-state index is 0.240. The normalized spacial score (nSPS) is 17.9. The summed E-state index contributed by atoms with van der Waals surface area (Å²) in [4.78, 5) is 1.62. The van der Waals surface area contributed by atoms with Gasteiger partial charge in [0, 0.05) is 18.0 Å². The van der Waals surface area contributed by atoms with Gasteiger partial charge < -0.3 is 4.52 Å². The zero-order valence-corrected chi connectivity index (χ0v) is 14.4. The summed E-state index contributed by atoms with van der Waals surface area (Å²) in [6.07, 6.45) is 2.86. The molecule has 0 amide bonds. The van der Waals surface area contributed by atoms with E-state index >= 15 is 0 Å². The number of aromatic nitrogens is 1. The van der Waals surface area contributed by atoms with Crippen LogP contribution in [0.5, 0.6) is 0 Å². The number of sulfonamides is 1. The second-order valence-corrected chi connectivity index (χ2v) is 8.69. The lowest BCUT2D eigenvalue weighted by molar-refractivity contribution is 0.273. The summed E-state index contributed by atoms with van der Waals surface area (Å²) in [6.45, 7) is 4.47. The fourth-order valence-corrected chi connectivity index (χ4v) is 5.62. The molecule has 0 unspecified atom stereocenters. The van der Waals surface area contributed by atoms with Crippen molar-refractivity contribution in [3.63, 3.8) is 0 Å². The summed E-state index contributed by atoms with van der Waals surface area (Å²) >= 11 is 1.77. The number of nitrogens with zero attached hydrogens (tertiary/aromatic N) is 2. The summed E-state index contributed by atoms with van der Waals surface area (Å²) in [5.41, 5.74) is 0.443. The molecule has 1 saturated heterocycles. The van der Waals surface area contributed by atoms with Gasteiger partial charge in [0.1, 0.15) is 10.6 Å². The Bertz CT molecular complexity index is 707. The number of thiophene rings is 1. The summed E-state index contributed by atoms with van der Waals surface area (Å²) in [7, 11) is -3.49. The number of hydrogen-bond acceptors (Lipinski definition) is 5. The Balaban J connectivity index is 1.68. The molecule has 7 heteroatoms. The van der Waals surface area contributed by atoms with Crippen LogP contribution in [0.3, 0.4) is 0 Å². The van der Waals surface area contributed by atoms with E-state index in [4.69, 9.17) is 4.52 Å². The lowest BCUT2D eigenvalue weighted by atomic mass is 9.94. The van der Waals surface area contributed by atoms with Crippen LogP contribution in [-0.2, 0) is 16.4 Å². The van der Waals surface area contributed by atoms with Gasteiger partial charge in [0.05, 0.1) is 0 Å². The second-order valence-electron chi connectivity index (χ2n) is 5.78. The van der Waals surface area contributed by atoms with Crippen LogP contribution in [0.25, 0.3) is 0 Å². The molecule has 0 radical (unpaired) electrons. The summed E-state index contributed by atoms with van der Waals surface area (Å²) in [6, 6.07) is 4.22. The molecule has 0 atom stereocenters. The second kappa shape index (κ2) is 6.14. The molecule has 0 aromatic carbocycles. The van der Waals surface area contributed by atoms with E-state index in [2.05, 4.69) is 22.7 Å². The van der Waals surface area contributed by atoms with Gasteiger partial charge in [-0.15, -0.1) is 11.3 Å². The maximum absolute atomic E-state index is 12.7. The number of aryl methyl sites for hydroxylation is 2. The highest BCUT2D eigenvalue weighted by atomic mass is 32.2. The molecule has 5 nitrogen and oxygen atoms in total. The lowest BCUT2D eigenvalue weighted by Crippen LogP contribution is -2.39. The van der Waals surface area contributed by atoms with Crippen LogP contribution in [0.1, 0.15) is 29.2 Å². The van der Waals surface area contributed by atoms with Crippen molar-refractivity contribution < 1.29 is 12.9 Å². The maximum Gasteiger partial charge on any atom is 0.248 e. The third-order valence-electron chi connectivity index (χ3n) is 4.21. The van der Waals surface area contributed by atoms with Crippen LogP contribution in [0.2, 0.25) is 0 Å². The Morgan fingerprint density at radius 3 is 2.64 bits per heavy atom. The van der Waals surface area contributed by atoms with Crippen molar-refractivity contribution in [3.05, 3.63) is 33.8 Å². The summed E-state index contributed by atoms with van der Waals surface area (Å²) < 4.78 is 32.1. The van der Waals surface area contributed by atoms with Crippen LogP contribution in [-0.4, -0.2) is 31.0 Å². The molecule has 1 aliphatic heterocycles. The fourth-order valence-electron chi connectivity index (χ4n) is 3.04. The molecule has 0 spiro atoms. The number of hydrogen-bond donors (Lipinski definition) is 0. The number of rotatable bonds is 4. The SMILES string of the molecule is Cc1noc(C)c1S(=O)(=O)N1CCC(Cc2cccs2)CC1. The molecule has 0 aliphatic carbocycles. The van der Waals surface area contributed by atoms with Gasteiger partial charge in [0.2, 0.25) is 10.0 Å². The predicted octanol–water partition coefficient (Wildman–Crippen LogP) is 3.00. The van der Waals surface area contributed by atoms with Crippen molar-refractivity contribution in [2.24, 2.45) is 5.92 Å². The first kappa shape index (κ1) is 15.7. The Labute approximate surface area is 135 Å². The summed E-state index contributed by atoms with van der Waals surface area (Å²) in [5, 5.41) is 5.85.